The Kier molecular flexibility index (Phi) is 6.78. The van der Waals surface area contributed by atoms with Gasteiger partial charge >= 0.3 is 0 Å². The summed E-state index contributed by atoms with van der Waals surface area (Å²) < 4.78 is 25.8. The zero-order chi connectivity index (χ0) is 21.1. The van der Waals surface area contributed by atoms with Crippen LogP contribution in [0.1, 0.15) is 31.9 Å². The number of benzene rings is 2. The quantitative estimate of drug-likeness (QED) is 0.705. The van der Waals surface area contributed by atoms with Crippen LogP contribution in [0.15, 0.2) is 48.5 Å². The van der Waals surface area contributed by atoms with Crippen molar-refractivity contribution in [2.24, 2.45) is 0 Å². The maximum Gasteiger partial charge on any atom is 0.243 e. The highest BCUT2D eigenvalue weighted by atomic mass is 35.5. The van der Waals surface area contributed by atoms with E-state index in [4.69, 9.17) is 11.6 Å². The van der Waals surface area contributed by atoms with Crippen molar-refractivity contribution in [3.63, 3.8) is 0 Å². The van der Waals surface area contributed by atoms with Gasteiger partial charge in [0.15, 0.2) is 0 Å². The molecule has 0 N–H and O–H groups in total. The first kappa shape index (κ1) is 22.2. The molecule has 7 heteroatoms. The maximum atomic E-state index is 12.7. The standard InChI is InChI=1S/C21H27ClN2O3S/c1-21(2,3)17-8-12-19(13-9-17)24(28(5,26)27)15-20(25)23(4)14-16-6-10-18(22)11-7-16/h6-13H,14-15H2,1-5H3. The number of hydrogen-bond donors (Lipinski definition) is 0. The van der Waals surface area contributed by atoms with Crippen LogP contribution < -0.4 is 4.31 Å². The average Bonchev–Trinajstić information content (AvgIpc) is 2.59. The van der Waals surface area contributed by atoms with Crippen LogP contribution in [0.25, 0.3) is 0 Å². The molecule has 0 aromatic heterocycles. The first-order chi connectivity index (χ1) is 12.9. The van der Waals surface area contributed by atoms with Crippen LogP contribution in [0.3, 0.4) is 0 Å². The highest BCUT2D eigenvalue weighted by Gasteiger charge is 2.23. The maximum absolute atomic E-state index is 12.7. The van der Waals surface area contributed by atoms with E-state index in [-0.39, 0.29) is 17.9 Å². The smallest absolute Gasteiger partial charge is 0.243 e. The largest absolute Gasteiger partial charge is 0.340 e. The summed E-state index contributed by atoms with van der Waals surface area (Å²) in [6, 6.07) is 14.5. The van der Waals surface area contributed by atoms with E-state index in [0.29, 0.717) is 17.3 Å². The molecule has 0 radical (unpaired) electrons. The van der Waals surface area contributed by atoms with Crippen molar-refractivity contribution >= 4 is 33.2 Å². The van der Waals surface area contributed by atoms with E-state index in [2.05, 4.69) is 20.8 Å². The lowest BCUT2D eigenvalue weighted by Crippen LogP contribution is -2.41. The highest BCUT2D eigenvalue weighted by molar-refractivity contribution is 7.92. The third-order valence-electron chi connectivity index (χ3n) is 4.46. The fraction of sp³-hybridized carbons (Fsp3) is 0.381. The fourth-order valence-electron chi connectivity index (χ4n) is 2.72. The highest BCUT2D eigenvalue weighted by Crippen LogP contribution is 2.26. The van der Waals surface area contributed by atoms with E-state index in [1.165, 1.54) is 4.90 Å². The summed E-state index contributed by atoms with van der Waals surface area (Å²) in [5.41, 5.74) is 2.45. The van der Waals surface area contributed by atoms with Gasteiger partial charge in [0, 0.05) is 18.6 Å². The average molecular weight is 423 g/mol. The van der Waals surface area contributed by atoms with Gasteiger partial charge in [-0.3, -0.25) is 9.10 Å². The lowest BCUT2D eigenvalue weighted by atomic mass is 9.87. The second kappa shape index (κ2) is 8.53. The molecule has 0 spiro atoms. The lowest BCUT2D eigenvalue weighted by molar-refractivity contribution is -0.128. The van der Waals surface area contributed by atoms with Crippen molar-refractivity contribution in [2.45, 2.75) is 32.7 Å². The predicted molar refractivity (Wildman–Crippen MR) is 115 cm³/mol. The predicted octanol–water partition coefficient (Wildman–Crippen LogP) is 4.06. The summed E-state index contributed by atoms with van der Waals surface area (Å²) in [6.07, 6.45) is 1.11. The van der Waals surface area contributed by atoms with E-state index in [0.717, 1.165) is 21.7 Å². The van der Waals surface area contributed by atoms with Gasteiger partial charge in [0.2, 0.25) is 15.9 Å². The molecule has 2 rings (SSSR count). The first-order valence-electron chi connectivity index (χ1n) is 8.94. The van der Waals surface area contributed by atoms with Gasteiger partial charge in [-0.05, 0) is 40.8 Å². The molecule has 5 nitrogen and oxygen atoms in total. The van der Waals surface area contributed by atoms with Gasteiger partial charge in [0.05, 0.1) is 11.9 Å². The molecule has 0 aliphatic heterocycles. The Morgan fingerprint density at radius 3 is 2.00 bits per heavy atom. The molecule has 0 unspecified atom stereocenters. The third kappa shape index (κ3) is 5.97. The van der Waals surface area contributed by atoms with Crippen molar-refractivity contribution in [2.75, 3.05) is 24.2 Å². The Hall–Kier alpha value is -2.05. The number of sulfonamides is 1. The molecule has 0 aliphatic carbocycles. The Morgan fingerprint density at radius 1 is 1.00 bits per heavy atom. The molecule has 0 bridgehead atoms. The molecule has 0 aliphatic rings. The molecular formula is C21H27ClN2O3S. The Bertz CT molecular complexity index is 918. The molecule has 1 amide bonds. The van der Waals surface area contributed by atoms with E-state index in [9.17, 15) is 13.2 Å². The van der Waals surface area contributed by atoms with E-state index < -0.39 is 10.0 Å². The summed E-state index contributed by atoms with van der Waals surface area (Å²) >= 11 is 5.88. The van der Waals surface area contributed by atoms with Crippen LogP contribution in [0.2, 0.25) is 5.02 Å². The number of amides is 1. The molecule has 0 saturated heterocycles. The van der Waals surface area contributed by atoms with Crippen LogP contribution in [0, 0.1) is 0 Å². The van der Waals surface area contributed by atoms with Gasteiger partial charge < -0.3 is 4.90 Å². The summed E-state index contributed by atoms with van der Waals surface area (Å²) in [6.45, 7) is 6.39. The van der Waals surface area contributed by atoms with Crippen LogP contribution in [-0.4, -0.2) is 39.1 Å². The molecule has 2 aromatic rings. The summed E-state index contributed by atoms with van der Waals surface area (Å²) in [4.78, 5) is 14.2. The Morgan fingerprint density at radius 2 is 1.54 bits per heavy atom. The molecule has 152 valence electrons. The second-order valence-corrected chi connectivity index (χ2v) is 10.3. The van der Waals surface area contributed by atoms with Gasteiger partial charge in [-0.2, -0.15) is 0 Å². The Labute approximate surface area is 173 Å². The zero-order valence-corrected chi connectivity index (χ0v) is 18.5. The number of carbonyl (C=O) groups excluding carboxylic acids is 1. The lowest BCUT2D eigenvalue weighted by Gasteiger charge is -2.26. The van der Waals surface area contributed by atoms with Crippen LogP contribution in [0.5, 0.6) is 0 Å². The minimum absolute atomic E-state index is 0.0386. The number of nitrogens with zero attached hydrogens (tertiary/aromatic N) is 2. The van der Waals surface area contributed by atoms with Crippen LogP contribution >= 0.6 is 11.6 Å². The SMILES string of the molecule is CN(Cc1ccc(Cl)cc1)C(=O)CN(c1ccc(C(C)(C)C)cc1)S(C)(=O)=O. The van der Waals surface area contributed by atoms with Gasteiger partial charge in [-0.1, -0.05) is 56.6 Å². The summed E-state index contributed by atoms with van der Waals surface area (Å²) in [7, 11) is -1.95. The van der Waals surface area contributed by atoms with Gasteiger partial charge in [-0.15, -0.1) is 0 Å². The number of halogens is 1. The van der Waals surface area contributed by atoms with Crippen molar-refractivity contribution in [3.05, 3.63) is 64.7 Å². The minimum atomic E-state index is -3.60. The number of rotatable bonds is 6. The van der Waals surface area contributed by atoms with E-state index >= 15 is 0 Å². The van der Waals surface area contributed by atoms with Crippen LogP contribution in [-0.2, 0) is 26.8 Å². The number of carbonyl (C=O) groups is 1. The number of anilines is 1. The Balaban J connectivity index is 2.17. The van der Waals surface area contributed by atoms with E-state index in [1.807, 2.05) is 24.3 Å². The first-order valence-corrected chi connectivity index (χ1v) is 11.2. The molecule has 0 fully saturated rings. The van der Waals surface area contributed by atoms with Gasteiger partial charge in [-0.25, -0.2) is 8.42 Å². The number of likely N-dealkylation sites (N-methyl/N-ethyl adjacent to an activating group) is 1. The normalized spacial score (nSPS) is 11.9. The van der Waals surface area contributed by atoms with Crippen molar-refractivity contribution in [1.29, 1.82) is 0 Å². The zero-order valence-electron chi connectivity index (χ0n) is 16.9. The molecule has 0 saturated carbocycles. The minimum Gasteiger partial charge on any atom is -0.340 e. The van der Waals surface area contributed by atoms with E-state index in [1.54, 1.807) is 31.3 Å². The monoisotopic (exact) mass is 422 g/mol. The molecule has 28 heavy (non-hydrogen) atoms. The van der Waals surface area contributed by atoms with Gasteiger partial charge in [0.25, 0.3) is 0 Å². The summed E-state index contributed by atoms with van der Waals surface area (Å²) in [5.74, 6) is -0.291. The third-order valence-corrected chi connectivity index (χ3v) is 5.85. The summed E-state index contributed by atoms with van der Waals surface area (Å²) in [5, 5.41) is 0.625. The molecule has 2 aromatic carbocycles. The molecule has 0 heterocycles. The topological polar surface area (TPSA) is 57.7 Å². The van der Waals surface area contributed by atoms with Crippen molar-refractivity contribution in [1.82, 2.24) is 4.90 Å². The van der Waals surface area contributed by atoms with Crippen molar-refractivity contribution in [3.8, 4) is 0 Å². The van der Waals surface area contributed by atoms with Crippen LogP contribution in [0.4, 0.5) is 5.69 Å². The van der Waals surface area contributed by atoms with Gasteiger partial charge in [0.1, 0.15) is 6.54 Å². The molecular weight excluding hydrogens is 396 g/mol. The number of hydrogen-bond acceptors (Lipinski definition) is 3. The van der Waals surface area contributed by atoms with Crippen molar-refractivity contribution < 1.29 is 13.2 Å². The molecule has 0 atom stereocenters. The fourth-order valence-corrected chi connectivity index (χ4v) is 3.70. The second-order valence-electron chi connectivity index (χ2n) is 7.94.